The smallest absolute Gasteiger partial charge is 0.253 e. The van der Waals surface area contributed by atoms with Crippen LogP contribution >= 0.6 is 0 Å². The van der Waals surface area contributed by atoms with Gasteiger partial charge in [0, 0.05) is 18.4 Å². The summed E-state index contributed by atoms with van der Waals surface area (Å²) in [5, 5.41) is 3.17. The van der Waals surface area contributed by atoms with Crippen molar-refractivity contribution in [3.05, 3.63) is 71.2 Å². The minimum absolute atomic E-state index is 0.0114. The molecule has 116 valence electrons. The number of hydrogen-bond acceptors (Lipinski definition) is 2. The van der Waals surface area contributed by atoms with Crippen molar-refractivity contribution >= 4 is 11.6 Å². The summed E-state index contributed by atoms with van der Waals surface area (Å²) >= 11 is 0. The predicted molar refractivity (Wildman–Crippen MR) is 89.7 cm³/mol. The molecule has 0 saturated carbocycles. The lowest BCUT2D eigenvalue weighted by atomic mass is 9.88. The Morgan fingerprint density at radius 3 is 2.87 bits per heavy atom. The number of aromatic nitrogens is 2. The maximum absolute atomic E-state index is 12.5. The molecule has 0 bridgehead atoms. The van der Waals surface area contributed by atoms with Crippen molar-refractivity contribution in [2.24, 2.45) is 0 Å². The zero-order chi connectivity index (χ0) is 15.8. The molecule has 4 nitrogen and oxygen atoms in total. The second kappa shape index (κ2) is 5.54. The Bertz CT molecular complexity index is 881. The van der Waals surface area contributed by atoms with Gasteiger partial charge in [-0.25, -0.2) is 4.98 Å². The van der Waals surface area contributed by atoms with E-state index < -0.39 is 0 Å². The zero-order valence-electron chi connectivity index (χ0n) is 13.1. The first-order chi connectivity index (χ1) is 11.2. The summed E-state index contributed by atoms with van der Waals surface area (Å²) in [5.74, 6) is -0.0114. The second-order valence-corrected chi connectivity index (χ2v) is 6.25. The number of nitrogens with one attached hydrogen (secondary N) is 1. The molecule has 1 aliphatic rings. The Morgan fingerprint density at radius 1 is 1.17 bits per heavy atom. The molecule has 0 aliphatic heterocycles. The highest BCUT2D eigenvalue weighted by Crippen LogP contribution is 2.21. The van der Waals surface area contributed by atoms with Crippen LogP contribution in [0.25, 0.3) is 5.65 Å². The summed E-state index contributed by atoms with van der Waals surface area (Å²) in [7, 11) is 0. The van der Waals surface area contributed by atoms with Gasteiger partial charge in [-0.3, -0.25) is 4.79 Å². The fourth-order valence-corrected chi connectivity index (χ4v) is 3.34. The van der Waals surface area contributed by atoms with Gasteiger partial charge < -0.3 is 9.72 Å². The Balaban J connectivity index is 1.51. The Morgan fingerprint density at radius 2 is 2.00 bits per heavy atom. The Kier molecular flexibility index (Phi) is 3.37. The van der Waals surface area contributed by atoms with Gasteiger partial charge in [-0.1, -0.05) is 24.3 Å². The molecule has 2 heterocycles. The standard InChI is InChI=1S/C19H19N3O/c1-13-11-22-12-16(7-9-18(22)20-13)19(23)21-17-8-6-14-4-2-3-5-15(14)10-17/h2-5,7,9,11-12,17H,6,8,10H2,1H3,(H,21,23)/t17-/m0/s1. The number of carbonyl (C=O) groups is 1. The molecule has 1 N–H and O–H groups in total. The maximum Gasteiger partial charge on any atom is 0.253 e. The first kappa shape index (κ1) is 14.0. The quantitative estimate of drug-likeness (QED) is 0.791. The van der Waals surface area contributed by atoms with E-state index in [9.17, 15) is 4.79 Å². The third-order valence-electron chi connectivity index (χ3n) is 4.52. The number of amides is 1. The van der Waals surface area contributed by atoms with Crippen LogP contribution in [-0.4, -0.2) is 21.3 Å². The van der Waals surface area contributed by atoms with Crippen molar-refractivity contribution in [3.8, 4) is 0 Å². The number of nitrogens with zero attached hydrogens (tertiary/aromatic N) is 2. The number of carbonyl (C=O) groups excluding carboxylic acids is 1. The van der Waals surface area contributed by atoms with Crippen LogP contribution in [0, 0.1) is 6.92 Å². The first-order valence-electron chi connectivity index (χ1n) is 8.02. The van der Waals surface area contributed by atoms with E-state index >= 15 is 0 Å². The summed E-state index contributed by atoms with van der Waals surface area (Å²) < 4.78 is 1.90. The third kappa shape index (κ3) is 2.72. The molecular formula is C19H19N3O. The van der Waals surface area contributed by atoms with E-state index in [2.05, 4.69) is 34.6 Å². The summed E-state index contributed by atoms with van der Waals surface area (Å²) in [6.45, 7) is 1.95. The molecule has 0 unspecified atom stereocenters. The average Bonchev–Trinajstić information content (AvgIpc) is 2.93. The number of pyridine rings is 1. The molecule has 1 aromatic carbocycles. The van der Waals surface area contributed by atoms with Crippen molar-refractivity contribution in [1.82, 2.24) is 14.7 Å². The lowest BCUT2D eigenvalue weighted by molar-refractivity contribution is 0.0933. The van der Waals surface area contributed by atoms with E-state index in [0.29, 0.717) is 5.56 Å². The fraction of sp³-hybridized carbons (Fsp3) is 0.263. The topological polar surface area (TPSA) is 46.4 Å². The van der Waals surface area contributed by atoms with E-state index in [1.54, 1.807) is 0 Å². The van der Waals surface area contributed by atoms with Crippen LogP contribution in [0.2, 0.25) is 0 Å². The van der Waals surface area contributed by atoms with Gasteiger partial charge in [-0.2, -0.15) is 0 Å². The molecule has 1 atom stereocenters. The number of imidazole rings is 1. The Labute approximate surface area is 135 Å². The fourth-order valence-electron chi connectivity index (χ4n) is 3.34. The van der Waals surface area contributed by atoms with Crippen LogP contribution in [0.3, 0.4) is 0 Å². The number of benzene rings is 1. The van der Waals surface area contributed by atoms with Crippen molar-refractivity contribution in [3.63, 3.8) is 0 Å². The highest BCUT2D eigenvalue weighted by molar-refractivity contribution is 5.94. The lowest BCUT2D eigenvalue weighted by Crippen LogP contribution is -2.38. The monoisotopic (exact) mass is 305 g/mol. The highest BCUT2D eigenvalue weighted by Gasteiger charge is 2.20. The van der Waals surface area contributed by atoms with E-state index in [4.69, 9.17) is 0 Å². The SMILES string of the molecule is Cc1cn2cc(C(=O)N[C@H]3CCc4ccccc4C3)ccc2n1. The summed E-state index contributed by atoms with van der Waals surface area (Å²) in [5.41, 5.74) is 5.25. The number of hydrogen-bond donors (Lipinski definition) is 1. The maximum atomic E-state index is 12.5. The van der Waals surface area contributed by atoms with Crippen LogP contribution in [0.4, 0.5) is 0 Å². The molecule has 0 radical (unpaired) electrons. The van der Waals surface area contributed by atoms with E-state index in [1.165, 1.54) is 11.1 Å². The number of aryl methyl sites for hydroxylation is 2. The van der Waals surface area contributed by atoms with Gasteiger partial charge in [0.2, 0.25) is 0 Å². The van der Waals surface area contributed by atoms with Gasteiger partial charge in [-0.15, -0.1) is 0 Å². The molecule has 23 heavy (non-hydrogen) atoms. The molecule has 1 aliphatic carbocycles. The second-order valence-electron chi connectivity index (χ2n) is 6.25. The molecule has 0 saturated heterocycles. The zero-order valence-corrected chi connectivity index (χ0v) is 13.1. The number of rotatable bonds is 2. The largest absolute Gasteiger partial charge is 0.349 e. The van der Waals surface area contributed by atoms with E-state index in [0.717, 1.165) is 30.6 Å². The van der Waals surface area contributed by atoms with Gasteiger partial charge in [0.15, 0.2) is 0 Å². The lowest BCUT2D eigenvalue weighted by Gasteiger charge is -2.25. The van der Waals surface area contributed by atoms with Crippen molar-refractivity contribution in [2.75, 3.05) is 0 Å². The van der Waals surface area contributed by atoms with Gasteiger partial charge in [-0.05, 0) is 49.4 Å². The third-order valence-corrected chi connectivity index (χ3v) is 4.52. The number of fused-ring (bicyclic) bond motifs is 2. The molecular weight excluding hydrogens is 286 g/mol. The van der Waals surface area contributed by atoms with Gasteiger partial charge in [0.05, 0.1) is 11.3 Å². The predicted octanol–water partition coefficient (Wildman–Crippen LogP) is 2.93. The van der Waals surface area contributed by atoms with Crippen molar-refractivity contribution < 1.29 is 4.79 Å². The minimum Gasteiger partial charge on any atom is -0.349 e. The van der Waals surface area contributed by atoms with Crippen LogP contribution in [0.1, 0.15) is 33.6 Å². The summed E-state index contributed by atoms with van der Waals surface area (Å²) in [6.07, 6.45) is 6.72. The molecule has 2 aromatic heterocycles. The van der Waals surface area contributed by atoms with Crippen LogP contribution in [0.15, 0.2) is 48.8 Å². The molecule has 4 rings (SSSR count). The first-order valence-corrected chi connectivity index (χ1v) is 8.02. The molecule has 4 heteroatoms. The highest BCUT2D eigenvalue weighted by atomic mass is 16.1. The van der Waals surface area contributed by atoms with Gasteiger partial charge in [0.1, 0.15) is 5.65 Å². The average molecular weight is 305 g/mol. The van der Waals surface area contributed by atoms with E-state index in [-0.39, 0.29) is 11.9 Å². The molecule has 1 amide bonds. The summed E-state index contributed by atoms with van der Waals surface area (Å²) in [4.78, 5) is 16.9. The van der Waals surface area contributed by atoms with Crippen LogP contribution < -0.4 is 5.32 Å². The minimum atomic E-state index is -0.0114. The molecule has 0 fully saturated rings. The van der Waals surface area contributed by atoms with Gasteiger partial charge >= 0.3 is 0 Å². The normalized spacial score (nSPS) is 17.0. The van der Waals surface area contributed by atoms with Crippen LogP contribution in [-0.2, 0) is 12.8 Å². The van der Waals surface area contributed by atoms with Gasteiger partial charge in [0.25, 0.3) is 5.91 Å². The van der Waals surface area contributed by atoms with Crippen molar-refractivity contribution in [1.29, 1.82) is 0 Å². The van der Waals surface area contributed by atoms with E-state index in [1.807, 2.05) is 35.9 Å². The van der Waals surface area contributed by atoms with Crippen molar-refractivity contribution in [2.45, 2.75) is 32.2 Å². The molecule has 0 spiro atoms. The molecule has 3 aromatic rings. The Hall–Kier alpha value is -2.62. The summed E-state index contributed by atoms with van der Waals surface area (Å²) in [6, 6.07) is 12.4. The van der Waals surface area contributed by atoms with Crippen LogP contribution in [0.5, 0.6) is 0 Å².